The Morgan fingerprint density at radius 2 is 1.52 bits per heavy atom. The second kappa shape index (κ2) is 8.91. The van der Waals surface area contributed by atoms with Gasteiger partial charge in [0.2, 0.25) is 10.0 Å². The Hall–Kier alpha value is -1.83. The summed E-state index contributed by atoms with van der Waals surface area (Å²) in [7, 11) is -3.40. The van der Waals surface area contributed by atoms with Crippen molar-refractivity contribution in [3.63, 3.8) is 0 Å². The molecule has 1 aliphatic heterocycles. The molecule has 146 valence electrons. The van der Waals surface area contributed by atoms with Crippen molar-refractivity contribution in [1.29, 1.82) is 0 Å². The van der Waals surface area contributed by atoms with Crippen molar-refractivity contribution in [2.75, 3.05) is 38.5 Å². The van der Waals surface area contributed by atoms with E-state index in [0.29, 0.717) is 31.7 Å². The predicted octanol–water partition coefficient (Wildman–Crippen LogP) is 2.70. The summed E-state index contributed by atoms with van der Waals surface area (Å²) in [6.07, 6.45) is 0.986. The van der Waals surface area contributed by atoms with Gasteiger partial charge in [-0.05, 0) is 42.2 Å². The van der Waals surface area contributed by atoms with Crippen LogP contribution in [-0.4, -0.2) is 56.1 Å². The third-order valence-corrected chi connectivity index (χ3v) is 6.81. The van der Waals surface area contributed by atoms with Crippen LogP contribution in [0, 0.1) is 11.6 Å². The van der Waals surface area contributed by atoms with Gasteiger partial charge in [0.15, 0.2) is 0 Å². The molecule has 3 rings (SSSR count). The fourth-order valence-corrected chi connectivity index (χ4v) is 4.69. The number of rotatable bonds is 7. The summed E-state index contributed by atoms with van der Waals surface area (Å²) in [6.45, 7) is 3.04. The molecule has 4 nitrogen and oxygen atoms in total. The van der Waals surface area contributed by atoms with Crippen molar-refractivity contribution in [3.05, 3.63) is 71.3 Å². The fourth-order valence-electron chi connectivity index (χ4n) is 3.24. The zero-order valence-electron chi connectivity index (χ0n) is 15.2. The molecular formula is C20H24F2N2O2S. The maximum atomic E-state index is 13.7. The second-order valence-corrected chi connectivity index (χ2v) is 8.86. The Balaban J connectivity index is 1.46. The van der Waals surface area contributed by atoms with Crippen LogP contribution in [0.4, 0.5) is 8.78 Å². The van der Waals surface area contributed by atoms with E-state index in [4.69, 9.17) is 0 Å². The van der Waals surface area contributed by atoms with E-state index < -0.39 is 10.0 Å². The number of nitrogens with zero attached hydrogens (tertiary/aromatic N) is 2. The third kappa shape index (κ3) is 5.57. The third-order valence-electron chi connectivity index (χ3n) is 4.94. The molecule has 0 saturated carbocycles. The largest absolute Gasteiger partial charge is 0.300 e. The number of hydrogen-bond acceptors (Lipinski definition) is 3. The van der Waals surface area contributed by atoms with Crippen molar-refractivity contribution in [1.82, 2.24) is 9.21 Å². The number of benzene rings is 2. The van der Waals surface area contributed by atoms with E-state index in [0.717, 1.165) is 18.5 Å². The van der Waals surface area contributed by atoms with E-state index in [1.54, 1.807) is 30.3 Å². The lowest BCUT2D eigenvalue weighted by Crippen LogP contribution is -2.49. The van der Waals surface area contributed by atoms with Gasteiger partial charge in [-0.3, -0.25) is 0 Å². The van der Waals surface area contributed by atoms with Crippen molar-refractivity contribution in [2.24, 2.45) is 0 Å². The molecular weight excluding hydrogens is 370 g/mol. The van der Waals surface area contributed by atoms with Crippen molar-refractivity contribution in [3.8, 4) is 0 Å². The molecule has 1 saturated heterocycles. The minimum absolute atomic E-state index is 0.0798. The van der Waals surface area contributed by atoms with Gasteiger partial charge >= 0.3 is 0 Å². The minimum Gasteiger partial charge on any atom is -0.300 e. The average molecular weight is 394 g/mol. The van der Waals surface area contributed by atoms with Crippen LogP contribution in [0.15, 0.2) is 48.5 Å². The van der Waals surface area contributed by atoms with Gasteiger partial charge in [0.25, 0.3) is 0 Å². The summed E-state index contributed by atoms with van der Waals surface area (Å²) in [5, 5.41) is 0. The van der Waals surface area contributed by atoms with E-state index in [1.807, 2.05) is 0 Å². The van der Waals surface area contributed by atoms with Crippen LogP contribution in [-0.2, 0) is 22.9 Å². The Bertz CT molecular complexity index is 849. The maximum absolute atomic E-state index is 13.7. The van der Waals surface area contributed by atoms with Crippen LogP contribution in [0.5, 0.6) is 0 Å². The van der Waals surface area contributed by atoms with Crippen molar-refractivity contribution < 1.29 is 17.2 Å². The smallest absolute Gasteiger partial charge is 0.214 e. The second-order valence-electron chi connectivity index (χ2n) is 6.77. The van der Waals surface area contributed by atoms with Crippen LogP contribution in [0.1, 0.15) is 11.1 Å². The summed E-state index contributed by atoms with van der Waals surface area (Å²) >= 11 is 0. The van der Waals surface area contributed by atoms with E-state index in [9.17, 15) is 17.2 Å². The molecule has 1 aliphatic rings. The van der Waals surface area contributed by atoms with Gasteiger partial charge in [-0.25, -0.2) is 17.2 Å². The van der Waals surface area contributed by atoms with Gasteiger partial charge < -0.3 is 4.90 Å². The molecule has 0 amide bonds. The Kier molecular flexibility index (Phi) is 6.57. The van der Waals surface area contributed by atoms with Gasteiger partial charge in [0.05, 0.1) is 5.75 Å². The lowest BCUT2D eigenvalue weighted by molar-refractivity contribution is 0.190. The molecule has 2 aromatic rings. The average Bonchev–Trinajstić information content (AvgIpc) is 2.67. The fraction of sp³-hybridized carbons (Fsp3) is 0.400. The lowest BCUT2D eigenvalue weighted by atomic mass is 10.1. The molecule has 0 unspecified atom stereocenters. The first kappa shape index (κ1) is 19.9. The summed E-state index contributed by atoms with van der Waals surface area (Å²) in [5.41, 5.74) is 1.50. The zero-order valence-corrected chi connectivity index (χ0v) is 16.0. The monoisotopic (exact) mass is 394 g/mol. The van der Waals surface area contributed by atoms with Gasteiger partial charge in [0, 0.05) is 32.7 Å². The topological polar surface area (TPSA) is 40.6 Å². The Morgan fingerprint density at radius 1 is 0.852 bits per heavy atom. The minimum atomic E-state index is -3.40. The zero-order chi connectivity index (χ0) is 19.3. The van der Waals surface area contributed by atoms with Crippen LogP contribution < -0.4 is 0 Å². The van der Waals surface area contributed by atoms with E-state index in [-0.39, 0.29) is 23.8 Å². The highest BCUT2D eigenvalue weighted by molar-refractivity contribution is 7.89. The molecule has 27 heavy (non-hydrogen) atoms. The SMILES string of the molecule is O=S(=O)(CCc1ccccc1F)N1CCN(CCc2ccc(F)cc2)CC1. The highest BCUT2D eigenvalue weighted by atomic mass is 32.2. The van der Waals surface area contributed by atoms with Crippen molar-refractivity contribution in [2.45, 2.75) is 12.8 Å². The molecule has 2 aromatic carbocycles. The standard InChI is InChI=1S/C20H24F2N2O2S/c21-19-7-5-17(6-8-19)9-11-23-12-14-24(15-13-23)27(25,26)16-10-18-3-1-2-4-20(18)22/h1-8H,9-16H2. The molecule has 0 aromatic heterocycles. The highest BCUT2D eigenvalue weighted by Gasteiger charge is 2.26. The summed E-state index contributed by atoms with van der Waals surface area (Å²) in [5.74, 6) is -0.685. The van der Waals surface area contributed by atoms with Gasteiger partial charge in [-0.2, -0.15) is 4.31 Å². The molecule has 0 aliphatic carbocycles. The molecule has 0 radical (unpaired) electrons. The van der Waals surface area contributed by atoms with E-state index >= 15 is 0 Å². The molecule has 0 N–H and O–H groups in total. The summed E-state index contributed by atoms with van der Waals surface area (Å²) < 4.78 is 53.2. The molecule has 0 bridgehead atoms. The van der Waals surface area contributed by atoms with E-state index in [2.05, 4.69) is 4.90 Å². The lowest BCUT2D eigenvalue weighted by Gasteiger charge is -2.34. The van der Waals surface area contributed by atoms with Gasteiger partial charge in [-0.15, -0.1) is 0 Å². The maximum Gasteiger partial charge on any atom is 0.214 e. The predicted molar refractivity (Wildman–Crippen MR) is 102 cm³/mol. The van der Waals surface area contributed by atoms with Gasteiger partial charge in [-0.1, -0.05) is 30.3 Å². The first-order chi connectivity index (χ1) is 12.9. The first-order valence-corrected chi connectivity index (χ1v) is 10.7. The van der Waals surface area contributed by atoms with Crippen LogP contribution in [0.25, 0.3) is 0 Å². The number of halogens is 2. The summed E-state index contributed by atoms with van der Waals surface area (Å²) in [6, 6.07) is 12.7. The molecule has 0 spiro atoms. The molecule has 1 heterocycles. The number of aryl methyl sites for hydroxylation is 1. The molecule has 1 fully saturated rings. The number of piperazine rings is 1. The molecule has 0 atom stereocenters. The van der Waals surface area contributed by atoms with Crippen LogP contribution in [0.2, 0.25) is 0 Å². The molecule has 7 heteroatoms. The van der Waals surface area contributed by atoms with E-state index in [1.165, 1.54) is 22.5 Å². The quantitative estimate of drug-likeness (QED) is 0.725. The van der Waals surface area contributed by atoms with Crippen LogP contribution >= 0.6 is 0 Å². The van der Waals surface area contributed by atoms with Crippen molar-refractivity contribution >= 4 is 10.0 Å². The first-order valence-electron chi connectivity index (χ1n) is 9.12. The Morgan fingerprint density at radius 3 is 2.19 bits per heavy atom. The van der Waals surface area contributed by atoms with Gasteiger partial charge in [0.1, 0.15) is 11.6 Å². The number of sulfonamides is 1. The summed E-state index contributed by atoms with van der Waals surface area (Å²) in [4.78, 5) is 2.21. The number of hydrogen-bond donors (Lipinski definition) is 0. The normalized spacial score (nSPS) is 16.5. The van der Waals surface area contributed by atoms with Crippen LogP contribution in [0.3, 0.4) is 0 Å². The highest BCUT2D eigenvalue weighted by Crippen LogP contribution is 2.13. The Labute approximate surface area is 159 Å².